The number of aromatic amines is 1. The highest BCUT2D eigenvalue weighted by Crippen LogP contribution is 2.25. The number of allylic oxidation sites excluding steroid dienone is 4. The minimum atomic E-state index is -0.0700. The Hall–Kier alpha value is -2.69. The topological polar surface area (TPSA) is 63.0 Å². The Morgan fingerprint density at radius 2 is 2.08 bits per heavy atom. The van der Waals surface area contributed by atoms with Gasteiger partial charge in [0, 0.05) is 34.5 Å². The molecular formula is C19H20N4O. The number of fused-ring (bicyclic) bond motifs is 3. The minimum Gasteiger partial charge on any atom is -0.306 e. The number of aromatic nitrogens is 4. The fourth-order valence-corrected chi connectivity index (χ4v) is 3.04. The molecule has 3 aromatic heterocycles. The van der Waals surface area contributed by atoms with Gasteiger partial charge in [0.25, 0.3) is 5.56 Å². The van der Waals surface area contributed by atoms with Crippen LogP contribution in [0.5, 0.6) is 0 Å². The molecule has 0 fully saturated rings. The first kappa shape index (κ1) is 14.9. The summed E-state index contributed by atoms with van der Waals surface area (Å²) in [4.78, 5) is 20.1. The molecule has 5 heteroatoms. The van der Waals surface area contributed by atoms with E-state index in [2.05, 4.69) is 48.0 Å². The summed E-state index contributed by atoms with van der Waals surface area (Å²) >= 11 is 0. The Bertz CT molecular complexity index is 1050. The molecular weight excluding hydrogens is 300 g/mol. The van der Waals surface area contributed by atoms with Crippen molar-refractivity contribution in [3.8, 4) is 0 Å². The predicted molar refractivity (Wildman–Crippen MR) is 95.5 cm³/mol. The molecule has 0 bridgehead atoms. The van der Waals surface area contributed by atoms with Gasteiger partial charge in [-0.25, -0.2) is 4.98 Å². The van der Waals surface area contributed by atoms with Crippen LogP contribution in [-0.2, 0) is 5.41 Å². The van der Waals surface area contributed by atoms with Crippen LogP contribution < -0.4 is 5.56 Å². The first-order valence-electron chi connectivity index (χ1n) is 8.19. The van der Waals surface area contributed by atoms with E-state index >= 15 is 0 Å². The van der Waals surface area contributed by atoms with E-state index < -0.39 is 0 Å². The van der Waals surface area contributed by atoms with E-state index in [9.17, 15) is 4.79 Å². The van der Waals surface area contributed by atoms with Crippen LogP contribution in [0, 0.1) is 0 Å². The Kier molecular flexibility index (Phi) is 3.20. The van der Waals surface area contributed by atoms with Crippen molar-refractivity contribution in [2.75, 3.05) is 0 Å². The van der Waals surface area contributed by atoms with Crippen molar-refractivity contribution in [3.05, 3.63) is 64.2 Å². The zero-order valence-electron chi connectivity index (χ0n) is 14.1. The number of nitrogens with zero attached hydrogens (tertiary/aromatic N) is 3. The number of pyridine rings is 1. The highest BCUT2D eigenvalue weighted by molar-refractivity contribution is 5.77. The Balaban J connectivity index is 1.93. The monoisotopic (exact) mass is 320 g/mol. The van der Waals surface area contributed by atoms with Gasteiger partial charge in [-0.15, -0.1) is 0 Å². The van der Waals surface area contributed by atoms with Gasteiger partial charge in [-0.3, -0.25) is 4.79 Å². The number of rotatable bonds is 1. The molecule has 0 amide bonds. The molecule has 1 aliphatic carbocycles. The van der Waals surface area contributed by atoms with Gasteiger partial charge in [-0.05, 0) is 12.5 Å². The van der Waals surface area contributed by atoms with Crippen molar-refractivity contribution >= 4 is 16.7 Å². The molecule has 0 aromatic carbocycles. The maximum Gasteiger partial charge on any atom is 0.253 e. The van der Waals surface area contributed by atoms with Crippen LogP contribution in [0.2, 0.25) is 0 Å². The van der Waals surface area contributed by atoms with Crippen molar-refractivity contribution in [3.63, 3.8) is 0 Å². The second-order valence-corrected chi connectivity index (χ2v) is 7.32. The van der Waals surface area contributed by atoms with E-state index in [0.717, 1.165) is 28.7 Å². The average Bonchev–Trinajstić information content (AvgIpc) is 3.00. The molecule has 1 N–H and O–H groups in total. The second-order valence-electron chi connectivity index (χ2n) is 7.32. The maximum atomic E-state index is 12.6. The predicted octanol–water partition coefficient (Wildman–Crippen LogP) is 3.47. The molecule has 122 valence electrons. The Morgan fingerprint density at radius 3 is 2.79 bits per heavy atom. The summed E-state index contributed by atoms with van der Waals surface area (Å²) in [6.07, 6.45) is 10.8. The largest absolute Gasteiger partial charge is 0.306 e. The number of H-pyrrole nitrogens is 1. The standard InChI is InChI=1S/C19H20N4O/c1-19(2,3)15-10-16-20-11-13-9-14(12-7-5-4-6-8-12)18(24)21-17(13)23(16)22-15/h4-7,9-12H,8H2,1-3H3,(H,21,24). The highest BCUT2D eigenvalue weighted by Gasteiger charge is 2.20. The minimum absolute atomic E-state index is 0.0623. The fraction of sp³-hybridized carbons (Fsp3) is 0.316. The summed E-state index contributed by atoms with van der Waals surface area (Å²) in [5.74, 6) is 0.113. The van der Waals surface area contributed by atoms with E-state index in [0.29, 0.717) is 5.65 Å². The van der Waals surface area contributed by atoms with E-state index in [1.807, 2.05) is 24.3 Å². The number of hydrogen-bond acceptors (Lipinski definition) is 3. The Morgan fingerprint density at radius 1 is 1.25 bits per heavy atom. The zero-order valence-corrected chi connectivity index (χ0v) is 14.1. The lowest BCUT2D eigenvalue weighted by molar-refractivity contribution is 0.563. The lowest BCUT2D eigenvalue weighted by atomic mass is 9.93. The summed E-state index contributed by atoms with van der Waals surface area (Å²) in [5, 5.41) is 5.55. The molecule has 1 atom stereocenters. The van der Waals surface area contributed by atoms with E-state index in [4.69, 9.17) is 0 Å². The van der Waals surface area contributed by atoms with Gasteiger partial charge in [-0.2, -0.15) is 9.61 Å². The molecule has 0 saturated carbocycles. The molecule has 1 aliphatic rings. The molecule has 3 aromatic rings. The third-order valence-electron chi connectivity index (χ3n) is 4.47. The summed E-state index contributed by atoms with van der Waals surface area (Å²) in [6.45, 7) is 6.34. The SMILES string of the molecule is CC(C)(C)c1cc2ncc3cc(C4C=CC=CC4)c(=O)[nH]c3n2n1. The molecule has 0 aliphatic heterocycles. The van der Waals surface area contributed by atoms with Crippen LogP contribution in [0.15, 0.2) is 47.4 Å². The first-order valence-corrected chi connectivity index (χ1v) is 8.19. The van der Waals surface area contributed by atoms with Crippen molar-refractivity contribution in [2.45, 2.75) is 38.5 Å². The lowest BCUT2D eigenvalue weighted by Gasteiger charge is -2.14. The van der Waals surface area contributed by atoms with Crippen LogP contribution >= 0.6 is 0 Å². The van der Waals surface area contributed by atoms with Gasteiger partial charge in [0.05, 0.1) is 5.69 Å². The summed E-state index contributed by atoms with van der Waals surface area (Å²) < 4.78 is 1.73. The van der Waals surface area contributed by atoms with E-state index in [1.54, 1.807) is 10.7 Å². The molecule has 0 radical (unpaired) electrons. The summed E-state index contributed by atoms with van der Waals surface area (Å²) in [5.41, 5.74) is 3.03. The van der Waals surface area contributed by atoms with Gasteiger partial charge < -0.3 is 4.98 Å². The van der Waals surface area contributed by atoms with Crippen molar-refractivity contribution in [1.29, 1.82) is 0 Å². The van der Waals surface area contributed by atoms with Crippen LogP contribution in [0.1, 0.15) is 44.4 Å². The van der Waals surface area contributed by atoms with Gasteiger partial charge in [0.1, 0.15) is 5.65 Å². The molecule has 4 rings (SSSR count). The maximum absolute atomic E-state index is 12.6. The lowest BCUT2D eigenvalue weighted by Crippen LogP contribution is -2.17. The van der Waals surface area contributed by atoms with Gasteiger partial charge in [0.2, 0.25) is 0 Å². The third-order valence-corrected chi connectivity index (χ3v) is 4.47. The molecule has 1 unspecified atom stereocenters. The first-order chi connectivity index (χ1) is 11.4. The van der Waals surface area contributed by atoms with Gasteiger partial charge in [0.15, 0.2) is 5.65 Å². The van der Waals surface area contributed by atoms with Crippen LogP contribution in [-0.4, -0.2) is 19.6 Å². The summed E-state index contributed by atoms with van der Waals surface area (Å²) in [7, 11) is 0. The van der Waals surface area contributed by atoms with Crippen molar-refractivity contribution in [1.82, 2.24) is 19.6 Å². The van der Waals surface area contributed by atoms with Gasteiger partial charge >= 0.3 is 0 Å². The molecule has 3 heterocycles. The number of nitrogens with one attached hydrogen (secondary N) is 1. The normalized spacial score (nSPS) is 17.9. The van der Waals surface area contributed by atoms with Crippen LogP contribution in [0.4, 0.5) is 0 Å². The zero-order chi connectivity index (χ0) is 16.9. The van der Waals surface area contributed by atoms with E-state index in [-0.39, 0.29) is 16.9 Å². The third kappa shape index (κ3) is 2.37. The molecule has 0 saturated heterocycles. The van der Waals surface area contributed by atoms with Gasteiger partial charge in [-0.1, -0.05) is 45.1 Å². The Labute approximate surface area is 139 Å². The van der Waals surface area contributed by atoms with E-state index in [1.165, 1.54) is 0 Å². The quantitative estimate of drug-likeness (QED) is 0.747. The highest BCUT2D eigenvalue weighted by atomic mass is 16.1. The van der Waals surface area contributed by atoms with Crippen molar-refractivity contribution in [2.24, 2.45) is 0 Å². The van der Waals surface area contributed by atoms with Crippen LogP contribution in [0.25, 0.3) is 16.7 Å². The second kappa shape index (κ2) is 5.16. The number of hydrogen-bond donors (Lipinski definition) is 1. The summed E-state index contributed by atoms with van der Waals surface area (Å²) in [6, 6.07) is 3.91. The molecule has 24 heavy (non-hydrogen) atoms. The fourth-order valence-electron chi connectivity index (χ4n) is 3.04. The molecule has 0 spiro atoms. The van der Waals surface area contributed by atoms with Crippen LogP contribution in [0.3, 0.4) is 0 Å². The smallest absolute Gasteiger partial charge is 0.253 e. The molecule has 5 nitrogen and oxygen atoms in total. The average molecular weight is 320 g/mol. The van der Waals surface area contributed by atoms with Crippen molar-refractivity contribution < 1.29 is 0 Å².